The van der Waals surface area contributed by atoms with E-state index in [1.165, 1.54) is 12.5 Å². The molecule has 27 heteroatoms. The van der Waals surface area contributed by atoms with Crippen LogP contribution < -0.4 is 0 Å². The molecule has 84 heavy (non-hydrogen) atoms. The third-order valence-corrected chi connectivity index (χ3v) is 21.9. The van der Waals surface area contributed by atoms with Crippen LogP contribution in [0, 0.1) is 46.3 Å². The average molecular weight is 1210 g/mol. The molecule has 482 valence electrons. The van der Waals surface area contributed by atoms with E-state index >= 15 is 0 Å². The molecular weight excluding hydrogens is 1120 g/mol. The van der Waals surface area contributed by atoms with Crippen molar-refractivity contribution in [1.29, 1.82) is 0 Å². The molecule has 0 aromatic rings. The summed E-state index contributed by atoms with van der Waals surface area (Å²) in [5.41, 5.74) is 1.15. The fourth-order valence-electron chi connectivity index (χ4n) is 17.0. The molecule has 36 unspecified atom stereocenters. The molecule has 0 aromatic carbocycles. The summed E-state index contributed by atoms with van der Waals surface area (Å²) in [7, 11) is 0. The maximum absolute atomic E-state index is 12.1. The van der Waals surface area contributed by atoms with Crippen LogP contribution in [0.1, 0.15) is 92.4 Å². The molecule has 7 saturated heterocycles. The van der Waals surface area contributed by atoms with E-state index < -0.39 is 192 Å². The highest BCUT2D eigenvalue weighted by Crippen LogP contribution is 2.71. The Morgan fingerprint density at radius 3 is 1.62 bits per heavy atom. The Balaban J connectivity index is 0.833. The number of allylic oxidation sites excluding steroid dienone is 1. The minimum atomic E-state index is -2.09. The second-order valence-electron chi connectivity index (χ2n) is 26.7. The minimum absolute atomic E-state index is 0.0996. The lowest BCUT2D eigenvalue weighted by molar-refractivity contribution is -0.405. The predicted molar refractivity (Wildman–Crippen MR) is 279 cm³/mol. The van der Waals surface area contributed by atoms with E-state index in [9.17, 15) is 76.6 Å². The Morgan fingerprint density at radius 2 is 1.02 bits per heavy atom. The van der Waals surface area contributed by atoms with Crippen molar-refractivity contribution in [2.75, 3.05) is 33.0 Å². The minimum Gasteiger partial charge on any atom is -0.394 e. The van der Waals surface area contributed by atoms with Gasteiger partial charge in [-0.1, -0.05) is 39.3 Å². The van der Waals surface area contributed by atoms with Gasteiger partial charge in [-0.05, 0) is 98.7 Å². The van der Waals surface area contributed by atoms with Gasteiger partial charge in [0.1, 0.15) is 116 Å². The molecular formula is C57H92O27. The van der Waals surface area contributed by atoms with E-state index in [-0.39, 0.29) is 22.9 Å². The van der Waals surface area contributed by atoms with Crippen molar-refractivity contribution < 1.29 is 133 Å². The first-order chi connectivity index (χ1) is 39.9. The van der Waals surface area contributed by atoms with Gasteiger partial charge in [-0.3, -0.25) is 0 Å². The van der Waals surface area contributed by atoms with E-state index in [0.29, 0.717) is 42.4 Å². The summed E-state index contributed by atoms with van der Waals surface area (Å²) in [5.74, 6) is 2.00. The number of hydrogen-bond acceptors (Lipinski definition) is 27. The van der Waals surface area contributed by atoms with Gasteiger partial charge in [0.15, 0.2) is 37.2 Å². The van der Waals surface area contributed by atoms with E-state index in [1.54, 1.807) is 0 Å². The highest BCUT2D eigenvalue weighted by molar-refractivity contribution is 5.26. The number of ether oxygens (including phenoxy) is 12. The maximum Gasteiger partial charge on any atom is 0.187 e. The van der Waals surface area contributed by atoms with Gasteiger partial charge < -0.3 is 133 Å². The first-order valence-electron chi connectivity index (χ1n) is 30.4. The zero-order valence-corrected chi connectivity index (χ0v) is 48.1. The Morgan fingerprint density at radius 1 is 0.500 bits per heavy atom. The molecule has 7 aliphatic heterocycles. The first kappa shape index (κ1) is 64.2. The molecule has 15 N–H and O–H groups in total. The highest BCUT2D eigenvalue weighted by Gasteiger charge is 2.69. The quantitative estimate of drug-likeness (QED) is 0.0735. The lowest BCUT2D eigenvalue weighted by Crippen LogP contribution is -2.68. The molecule has 7 heterocycles. The van der Waals surface area contributed by atoms with Crippen molar-refractivity contribution in [2.24, 2.45) is 46.3 Å². The summed E-state index contributed by atoms with van der Waals surface area (Å²) >= 11 is 0. The fourth-order valence-corrected chi connectivity index (χ4v) is 17.0. The van der Waals surface area contributed by atoms with Crippen LogP contribution in [0.2, 0.25) is 0 Å². The van der Waals surface area contributed by atoms with Crippen LogP contribution in [0.5, 0.6) is 0 Å². The monoisotopic (exact) mass is 1210 g/mol. The Kier molecular flexibility index (Phi) is 19.1. The summed E-state index contributed by atoms with van der Waals surface area (Å²) < 4.78 is 74.2. The number of fused-ring (bicyclic) bond motifs is 7. The van der Waals surface area contributed by atoms with Crippen LogP contribution in [0.4, 0.5) is 0 Å². The van der Waals surface area contributed by atoms with Gasteiger partial charge >= 0.3 is 0 Å². The van der Waals surface area contributed by atoms with Gasteiger partial charge in [0.05, 0.1) is 51.3 Å². The van der Waals surface area contributed by atoms with Crippen molar-refractivity contribution in [3.05, 3.63) is 11.6 Å². The Labute approximate surface area is 487 Å². The molecule has 3 saturated carbocycles. The van der Waals surface area contributed by atoms with Crippen molar-refractivity contribution in [1.82, 2.24) is 0 Å². The van der Waals surface area contributed by atoms with Crippen LogP contribution in [0.3, 0.4) is 0 Å². The second-order valence-corrected chi connectivity index (χ2v) is 26.7. The number of aliphatic hydroxyl groups is 15. The van der Waals surface area contributed by atoms with E-state index in [0.717, 1.165) is 51.6 Å². The zero-order chi connectivity index (χ0) is 60.2. The van der Waals surface area contributed by atoms with Gasteiger partial charge in [-0.15, -0.1) is 0 Å². The smallest absolute Gasteiger partial charge is 0.187 e. The summed E-state index contributed by atoms with van der Waals surface area (Å²) in [4.78, 5) is 0. The van der Waals surface area contributed by atoms with Gasteiger partial charge in [-0.25, -0.2) is 0 Å². The average Bonchev–Trinajstić information content (AvgIpc) is 1.87. The second kappa shape index (κ2) is 25.0. The highest BCUT2D eigenvalue weighted by atomic mass is 16.8. The predicted octanol–water partition coefficient (Wildman–Crippen LogP) is -4.14. The van der Waals surface area contributed by atoms with E-state index in [2.05, 4.69) is 33.8 Å². The molecule has 0 radical (unpaired) electrons. The Bertz CT molecular complexity index is 2240. The molecule has 4 aliphatic carbocycles. The van der Waals surface area contributed by atoms with Gasteiger partial charge in [0.2, 0.25) is 0 Å². The van der Waals surface area contributed by atoms with Crippen LogP contribution in [-0.2, 0) is 56.8 Å². The van der Waals surface area contributed by atoms with Crippen molar-refractivity contribution >= 4 is 0 Å². The van der Waals surface area contributed by atoms with E-state index in [1.807, 2.05) is 0 Å². The summed E-state index contributed by atoms with van der Waals surface area (Å²) in [6.07, 6.45) is -34.0. The largest absolute Gasteiger partial charge is 0.394 e. The fraction of sp³-hybridized carbons (Fsp3) is 0.965. The lowest BCUT2D eigenvalue weighted by atomic mass is 9.47. The summed E-state index contributed by atoms with van der Waals surface area (Å²) in [6.45, 7) is 8.23. The van der Waals surface area contributed by atoms with Crippen molar-refractivity contribution in [3.8, 4) is 0 Å². The molecule has 0 bridgehead atoms. The van der Waals surface area contributed by atoms with Crippen LogP contribution in [0.25, 0.3) is 0 Å². The molecule has 0 aromatic heterocycles. The molecule has 36 atom stereocenters. The zero-order valence-electron chi connectivity index (χ0n) is 48.1. The molecule has 11 rings (SSSR count). The summed E-state index contributed by atoms with van der Waals surface area (Å²) in [6, 6.07) is 0. The third-order valence-electron chi connectivity index (χ3n) is 21.9. The van der Waals surface area contributed by atoms with E-state index in [4.69, 9.17) is 56.8 Å². The van der Waals surface area contributed by atoms with Crippen molar-refractivity contribution in [2.45, 2.75) is 264 Å². The van der Waals surface area contributed by atoms with Gasteiger partial charge in [-0.2, -0.15) is 0 Å². The third kappa shape index (κ3) is 11.1. The topological polar surface area (TPSA) is 414 Å². The van der Waals surface area contributed by atoms with Crippen LogP contribution in [-0.4, -0.2) is 281 Å². The van der Waals surface area contributed by atoms with Crippen LogP contribution in [0.15, 0.2) is 11.6 Å². The maximum atomic E-state index is 12.1. The summed E-state index contributed by atoms with van der Waals surface area (Å²) in [5, 5.41) is 163. The SMILES string of the molecule is CC1CCC2(OC1)OC1CC3C4CC=C5CC(OC6OC(CO)C(O)C(OC7OC(C)C(OC8OC(CO)C(O)C(O)C8O)C(O)C7O)C6OC6OC(CO)C(OC7OC(CO)C(O)C(O)C7O)C(O)C6O)CCC5(C)C4CCC3(C)C1C2C. The number of aliphatic hydroxyl groups excluding tert-OH is 15. The lowest BCUT2D eigenvalue weighted by Gasteiger charge is -2.59. The molecule has 10 fully saturated rings. The number of hydrogen-bond donors (Lipinski definition) is 15. The molecule has 11 aliphatic rings. The Hall–Kier alpha value is -1.34. The molecule has 27 nitrogen and oxygen atoms in total. The standard InChI is InChI=1S/C57H92O27/c1-21-8-13-57(73-20-21)22(2)34-29(84-57)15-28-26-7-6-24-14-25(9-11-55(24,4)27(26)10-12-56(28,34)5)75-54-49(83-53-45(72)41(68)47(33(19-61)79-53)81-52-43(70)39(66)36(63)31(17-59)77-52)48(37(64)32(18-60)78-54)82-50-44(71)40(67)46(23(3)74-50)80-51-42(69)38(65)35(62)30(16-58)76-51/h6,21-23,25-54,58-72H,7-20H2,1-5H3. The normalized spacial score (nSPS) is 56.8. The van der Waals surface area contributed by atoms with Crippen LogP contribution >= 0.6 is 0 Å². The molecule has 0 amide bonds. The van der Waals surface area contributed by atoms with Gasteiger partial charge in [0, 0.05) is 12.3 Å². The first-order valence-corrected chi connectivity index (χ1v) is 30.4. The molecule has 1 spiro atoms. The van der Waals surface area contributed by atoms with Crippen molar-refractivity contribution in [3.63, 3.8) is 0 Å². The van der Waals surface area contributed by atoms with Gasteiger partial charge in [0.25, 0.3) is 0 Å². The number of rotatable bonds is 14.